The fourth-order valence-corrected chi connectivity index (χ4v) is 1.98. The molecule has 1 amide bonds. The molecule has 21 heavy (non-hydrogen) atoms. The van der Waals surface area contributed by atoms with Gasteiger partial charge in [-0.05, 0) is 38.7 Å². The number of carbonyl (C=O) groups excluding carboxylic acids is 1. The molecule has 0 bridgehead atoms. The molecule has 120 valence electrons. The molecule has 0 aliphatic carbocycles. The van der Waals surface area contributed by atoms with Crippen LogP contribution in [0.2, 0.25) is 10.0 Å². The van der Waals surface area contributed by atoms with Gasteiger partial charge in [-0.15, -0.1) is 0 Å². The number of benzene rings is 1. The normalized spacial score (nSPS) is 10.1. The third-order valence-electron chi connectivity index (χ3n) is 2.58. The molecule has 0 radical (unpaired) electrons. The van der Waals surface area contributed by atoms with Gasteiger partial charge in [0.2, 0.25) is 5.91 Å². The van der Waals surface area contributed by atoms with Crippen molar-refractivity contribution in [3.8, 4) is 5.75 Å². The van der Waals surface area contributed by atoms with Crippen LogP contribution in [0.15, 0.2) is 18.2 Å². The third kappa shape index (κ3) is 9.04. The van der Waals surface area contributed by atoms with Crippen molar-refractivity contribution in [2.24, 2.45) is 0 Å². The summed E-state index contributed by atoms with van der Waals surface area (Å²) in [4.78, 5) is 13.5. The SMILES string of the molecule is CN(C)CCNC(=O)CCCOc1ccc(Cl)cc1Cl.[Cl-]. The monoisotopic (exact) mass is 353 g/mol. The minimum Gasteiger partial charge on any atom is -1.00 e. The summed E-state index contributed by atoms with van der Waals surface area (Å²) in [6.45, 7) is 1.95. The molecule has 0 aromatic heterocycles. The molecule has 0 unspecified atom stereocenters. The van der Waals surface area contributed by atoms with Gasteiger partial charge in [0.25, 0.3) is 0 Å². The van der Waals surface area contributed by atoms with Crippen molar-refractivity contribution in [1.29, 1.82) is 0 Å². The Labute approximate surface area is 142 Å². The largest absolute Gasteiger partial charge is 1.00 e. The Morgan fingerprint density at radius 2 is 2.05 bits per heavy atom. The number of carbonyl (C=O) groups is 1. The van der Waals surface area contributed by atoms with Gasteiger partial charge in [0.05, 0.1) is 11.6 Å². The molecular weight excluding hydrogens is 335 g/mol. The summed E-state index contributed by atoms with van der Waals surface area (Å²) < 4.78 is 5.51. The third-order valence-corrected chi connectivity index (χ3v) is 3.11. The topological polar surface area (TPSA) is 41.6 Å². The molecule has 0 heterocycles. The number of ether oxygens (including phenoxy) is 1. The van der Waals surface area contributed by atoms with Crippen LogP contribution < -0.4 is 22.5 Å². The maximum absolute atomic E-state index is 11.5. The van der Waals surface area contributed by atoms with E-state index in [0.717, 1.165) is 6.54 Å². The molecule has 0 aliphatic heterocycles. The molecule has 7 heteroatoms. The first-order chi connectivity index (χ1) is 9.49. The zero-order valence-electron chi connectivity index (χ0n) is 12.2. The van der Waals surface area contributed by atoms with Crippen LogP contribution in [0.25, 0.3) is 0 Å². The van der Waals surface area contributed by atoms with Gasteiger partial charge in [0.1, 0.15) is 5.75 Å². The number of likely N-dealkylation sites (N-methyl/N-ethyl adjacent to an activating group) is 1. The van der Waals surface area contributed by atoms with Crippen LogP contribution in [0, 0.1) is 0 Å². The van der Waals surface area contributed by atoms with E-state index in [1.807, 2.05) is 19.0 Å². The second kappa shape index (κ2) is 11.0. The predicted molar refractivity (Wildman–Crippen MR) is 82.8 cm³/mol. The van der Waals surface area contributed by atoms with Crippen LogP contribution in [-0.2, 0) is 4.79 Å². The fourth-order valence-electron chi connectivity index (χ4n) is 1.51. The van der Waals surface area contributed by atoms with Gasteiger partial charge in [0, 0.05) is 24.5 Å². The molecule has 1 rings (SSSR count). The number of hydrogen-bond donors (Lipinski definition) is 1. The highest BCUT2D eigenvalue weighted by Gasteiger charge is 2.04. The molecular formula is C14H20Cl3N2O2-. The van der Waals surface area contributed by atoms with Gasteiger partial charge in [-0.2, -0.15) is 0 Å². The van der Waals surface area contributed by atoms with Gasteiger partial charge in [-0.3, -0.25) is 4.79 Å². The smallest absolute Gasteiger partial charge is 0.220 e. The summed E-state index contributed by atoms with van der Waals surface area (Å²) in [5.41, 5.74) is 0. The maximum atomic E-state index is 11.5. The van der Waals surface area contributed by atoms with E-state index in [9.17, 15) is 4.79 Å². The second-order valence-electron chi connectivity index (χ2n) is 4.68. The molecule has 1 aromatic rings. The van der Waals surface area contributed by atoms with E-state index in [-0.39, 0.29) is 18.3 Å². The molecule has 4 nitrogen and oxygen atoms in total. The number of halogens is 3. The standard InChI is InChI=1S/C14H20Cl2N2O2.ClH/c1-18(2)8-7-17-14(19)4-3-9-20-13-6-5-11(15)10-12(13)16;/h5-6,10H,3-4,7-9H2,1-2H3,(H,17,19);1H/p-1. The van der Waals surface area contributed by atoms with Crippen molar-refractivity contribution in [2.45, 2.75) is 12.8 Å². The van der Waals surface area contributed by atoms with Crippen LogP contribution >= 0.6 is 23.2 Å². The highest BCUT2D eigenvalue weighted by atomic mass is 35.5. The Bertz CT molecular complexity index is 442. The minimum atomic E-state index is 0. The van der Waals surface area contributed by atoms with Crippen LogP contribution in [0.1, 0.15) is 12.8 Å². The number of nitrogens with one attached hydrogen (secondary N) is 1. The maximum Gasteiger partial charge on any atom is 0.220 e. The van der Waals surface area contributed by atoms with Crippen molar-refractivity contribution in [3.05, 3.63) is 28.2 Å². The van der Waals surface area contributed by atoms with E-state index in [0.29, 0.717) is 41.8 Å². The molecule has 0 fully saturated rings. The van der Waals surface area contributed by atoms with Crippen molar-refractivity contribution in [3.63, 3.8) is 0 Å². The summed E-state index contributed by atoms with van der Waals surface area (Å²) in [5.74, 6) is 0.627. The van der Waals surface area contributed by atoms with Gasteiger partial charge in [0.15, 0.2) is 0 Å². The highest BCUT2D eigenvalue weighted by molar-refractivity contribution is 6.35. The van der Waals surface area contributed by atoms with E-state index < -0.39 is 0 Å². The molecule has 0 atom stereocenters. The number of nitrogens with zero attached hydrogens (tertiary/aromatic N) is 1. The van der Waals surface area contributed by atoms with Crippen LogP contribution in [0.4, 0.5) is 0 Å². The van der Waals surface area contributed by atoms with Crippen molar-refractivity contribution < 1.29 is 21.9 Å². The second-order valence-corrected chi connectivity index (χ2v) is 5.52. The minimum absolute atomic E-state index is 0. The Morgan fingerprint density at radius 1 is 1.33 bits per heavy atom. The average molecular weight is 355 g/mol. The van der Waals surface area contributed by atoms with Crippen LogP contribution in [0.3, 0.4) is 0 Å². The van der Waals surface area contributed by atoms with E-state index in [2.05, 4.69) is 5.32 Å². The van der Waals surface area contributed by atoms with Gasteiger partial charge < -0.3 is 27.4 Å². The molecule has 0 saturated heterocycles. The summed E-state index contributed by atoms with van der Waals surface area (Å²) in [7, 11) is 3.94. The highest BCUT2D eigenvalue weighted by Crippen LogP contribution is 2.27. The molecule has 0 spiro atoms. The lowest BCUT2D eigenvalue weighted by Gasteiger charge is -2.11. The van der Waals surface area contributed by atoms with Crippen molar-refractivity contribution in [2.75, 3.05) is 33.8 Å². The molecule has 0 saturated carbocycles. The molecule has 1 aromatic carbocycles. The fraction of sp³-hybridized carbons (Fsp3) is 0.500. The summed E-state index contributed by atoms with van der Waals surface area (Å²) in [6.07, 6.45) is 1.09. The van der Waals surface area contributed by atoms with Crippen LogP contribution in [-0.4, -0.2) is 44.6 Å². The summed E-state index contributed by atoms with van der Waals surface area (Å²) >= 11 is 11.8. The van der Waals surface area contributed by atoms with E-state index >= 15 is 0 Å². The quantitative estimate of drug-likeness (QED) is 0.659. The lowest BCUT2D eigenvalue weighted by atomic mass is 10.3. The molecule has 1 N–H and O–H groups in total. The number of rotatable bonds is 8. The number of hydrogen-bond acceptors (Lipinski definition) is 3. The van der Waals surface area contributed by atoms with E-state index in [4.69, 9.17) is 27.9 Å². The van der Waals surface area contributed by atoms with Crippen LogP contribution in [0.5, 0.6) is 5.75 Å². The average Bonchev–Trinajstić information content (AvgIpc) is 2.36. The molecule has 0 aliphatic rings. The Morgan fingerprint density at radius 3 is 2.67 bits per heavy atom. The van der Waals surface area contributed by atoms with Crippen molar-refractivity contribution >= 4 is 29.1 Å². The first-order valence-electron chi connectivity index (χ1n) is 6.48. The zero-order valence-corrected chi connectivity index (χ0v) is 14.4. The summed E-state index contributed by atoms with van der Waals surface area (Å²) in [5, 5.41) is 3.90. The Balaban J connectivity index is 0.00000400. The predicted octanol–water partition coefficient (Wildman–Crippen LogP) is -0.166. The van der Waals surface area contributed by atoms with E-state index in [1.54, 1.807) is 18.2 Å². The lowest BCUT2D eigenvalue weighted by Crippen LogP contribution is -3.00. The Kier molecular flexibility index (Phi) is 10.6. The summed E-state index contributed by atoms with van der Waals surface area (Å²) in [6, 6.07) is 5.07. The lowest BCUT2D eigenvalue weighted by molar-refractivity contribution is -0.121. The van der Waals surface area contributed by atoms with Gasteiger partial charge in [-0.25, -0.2) is 0 Å². The van der Waals surface area contributed by atoms with Crippen molar-refractivity contribution in [1.82, 2.24) is 10.2 Å². The first kappa shape index (κ1) is 20.3. The van der Waals surface area contributed by atoms with E-state index in [1.165, 1.54) is 0 Å². The Hall–Kier alpha value is -0.680. The number of amides is 1. The van der Waals surface area contributed by atoms with Gasteiger partial charge in [-0.1, -0.05) is 23.2 Å². The zero-order chi connectivity index (χ0) is 15.0. The van der Waals surface area contributed by atoms with Gasteiger partial charge >= 0.3 is 0 Å². The first-order valence-corrected chi connectivity index (χ1v) is 7.24.